The molecule has 1 aromatic heterocycles. The molecule has 2 heterocycles. The average Bonchev–Trinajstić information content (AvgIpc) is 3.06. The van der Waals surface area contributed by atoms with Gasteiger partial charge in [0.15, 0.2) is 0 Å². The Kier molecular flexibility index (Phi) is 6.62. The molecule has 1 saturated heterocycles. The number of rotatable bonds is 4. The average molecular weight is 434 g/mol. The number of nitrogens with one attached hydrogen (secondary N) is 1. The molecule has 0 radical (unpaired) electrons. The van der Waals surface area contributed by atoms with Crippen molar-refractivity contribution in [3.05, 3.63) is 41.6 Å². The van der Waals surface area contributed by atoms with Crippen molar-refractivity contribution < 1.29 is 23.1 Å². The number of aryl methyl sites for hydroxylation is 1. The Bertz CT molecular complexity index is 968. The summed E-state index contributed by atoms with van der Waals surface area (Å²) < 4.78 is 34.3. The Morgan fingerprint density at radius 3 is 2.71 bits per heavy atom. The predicted octanol–water partition coefficient (Wildman–Crippen LogP) is 3.74. The van der Waals surface area contributed by atoms with Gasteiger partial charge >= 0.3 is 6.09 Å². The predicted molar refractivity (Wildman–Crippen MR) is 111 cm³/mol. The first-order valence-electron chi connectivity index (χ1n) is 10.3. The molecule has 0 bridgehead atoms. The van der Waals surface area contributed by atoms with Crippen molar-refractivity contribution in [3.8, 4) is 11.3 Å². The summed E-state index contributed by atoms with van der Waals surface area (Å²) in [7, 11) is 1.63. The lowest BCUT2D eigenvalue weighted by molar-refractivity contribution is 0.0167. The topological polar surface area (TPSA) is 76.5 Å². The van der Waals surface area contributed by atoms with E-state index in [1.54, 1.807) is 11.9 Å². The van der Waals surface area contributed by atoms with Crippen LogP contribution in [0.1, 0.15) is 44.0 Å². The Labute approximate surface area is 180 Å². The lowest BCUT2D eigenvalue weighted by atomic mass is 9.98. The van der Waals surface area contributed by atoms with E-state index in [-0.39, 0.29) is 28.8 Å². The number of halogens is 2. The van der Waals surface area contributed by atoms with Crippen molar-refractivity contribution in [2.24, 2.45) is 13.0 Å². The second kappa shape index (κ2) is 9.03. The van der Waals surface area contributed by atoms with Crippen LogP contribution < -0.4 is 5.32 Å². The van der Waals surface area contributed by atoms with Gasteiger partial charge in [-0.25, -0.2) is 13.6 Å². The first-order valence-corrected chi connectivity index (χ1v) is 10.3. The number of hydrogen-bond acceptors (Lipinski definition) is 4. The van der Waals surface area contributed by atoms with Gasteiger partial charge in [-0.1, -0.05) is 0 Å². The maximum Gasteiger partial charge on any atom is 0.410 e. The highest BCUT2D eigenvalue weighted by atomic mass is 19.1. The van der Waals surface area contributed by atoms with Crippen molar-refractivity contribution in [2.75, 3.05) is 19.6 Å². The molecule has 0 saturated carbocycles. The zero-order chi connectivity index (χ0) is 22.8. The number of carbonyl (C=O) groups is 2. The van der Waals surface area contributed by atoms with Gasteiger partial charge in [-0.05, 0) is 51.7 Å². The Hall–Kier alpha value is -2.97. The van der Waals surface area contributed by atoms with Gasteiger partial charge in [0.05, 0.1) is 5.56 Å². The second-order valence-corrected chi connectivity index (χ2v) is 8.83. The number of piperidine rings is 1. The Morgan fingerprint density at radius 2 is 2.03 bits per heavy atom. The van der Waals surface area contributed by atoms with Crippen LogP contribution >= 0.6 is 0 Å². The fraction of sp³-hybridized carbons (Fsp3) is 0.500. The van der Waals surface area contributed by atoms with Gasteiger partial charge in [0.2, 0.25) is 0 Å². The lowest BCUT2D eigenvalue weighted by Gasteiger charge is -2.34. The van der Waals surface area contributed by atoms with E-state index in [4.69, 9.17) is 4.74 Å². The smallest absolute Gasteiger partial charge is 0.410 e. The molecule has 7 nitrogen and oxygen atoms in total. The molecule has 1 aliphatic heterocycles. The monoisotopic (exact) mass is 434 g/mol. The fourth-order valence-electron chi connectivity index (χ4n) is 3.59. The van der Waals surface area contributed by atoms with Crippen molar-refractivity contribution in [3.63, 3.8) is 0 Å². The molecule has 1 atom stereocenters. The van der Waals surface area contributed by atoms with Crippen LogP contribution in [0.15, 0.2) is 24.4 Å². The molecule has 0 aliphatic carbocycles. The molecule has 0 spiro atoms. The van der Waals surface area contributed by atoms with E-state index in [1.165, 1.54) is 16.9 Å². The van der Waals surface area contributed by atoms with Crippen LogP contribution in [-0.4, -0.2) is 51.9 Å². The van der Waals surface area contributed by atoms with E-state index in [2.05, 4.69) is 10.4 Å². The summed E-state index contributed by atoms with van der Waals surface area (Å²) in [6.07, 6.45) is 2.83. The fourth-order valence-corrected chi connectivity index (χ4v) is 3.59. The summed E-state index contributed by atoms with van der Waals surface area (Å²) in [5, 5.41) is 7.04. The van der Waals surface area contributed by atoms with Crippen LogP contribution in [0.2, 0.25) is 0 Å². The maximum absolute atomic E-state index is 14.2. The van der Waals surface area contributed by atoms with Crippen LogP contribution in [-0.2, 0) is 11.8 Å². The molecular weight excluding hydrogens is 406 g/mol. The lowest BCUT2D eigenvalue weighted by Crippen LogP contribution is -2.45. The Balaban J connectivity index is 1.66. The van der Waals surface area contributed by atoms with Gasteiger partial charge in [0.25, 0.3) is 5.91 Å². The van der Waals surface area contributed by atoms with Gasteiger partial charge < -0.3 is 15.0 Å². The molecule has 1 aromatic carbocycles. The molecular formula is C22H28F2N4O3. The molecule has 1 N–H and O–H groups in total. The highest BCUT2D eigenvalue weighted by molar-refractivity contribution is 5.99. The third-order valence-electron chi connectivity index (χ3n) is 4.98. The standard InChI is InChI=1S/C22H28F2N4O3/c1-22(2,3)31-21(30)28-9-5-6-14(12-28)11-25-20(29)17-13-27(4)26-19(17)16-8-7-15(23)10-18(16)24/h7-8,10,13-14H,5-6,9,11-12H2,1-4H3,(H,25,29). The summed E-state index contributed by atoms with van der Waals surface area (Å²) in [4.78, 5) is 26.8. The number of nitrogens with zero attached hydrogens (tertiary/aromatic N) is 3. The molecule has 2 aromatic rings. The van der Waals surface area contributed by atoms with E-state index in [0.29, 0.717) is 19.6 Å². The minimum Gasteiger partial charge on any atom is -0.444 e. The van der Waals surface area contributed by atoms with E-state index in [1.807, 2.05) is 20.8 Å². The molecule has 2 amide bonds. The molecule has 9 heteroatoms. The number of aromatic nitrogens is 2. The molecule has 1 fully saturated rings. The van der Waals surface area contributed by atoms with Gasteiger partial charge in [0.1, 0.15) is 22.9 Å². The van der Waals surface area contributed by atoms with Crippen LogP contribution in [0.5, 0.6) is 0 Å². The van der Waals surface area contributed by atoms with Crippen LogP contribution in [0, 0.1) is 17.6 Å². The molecule has 3 rings (SSSR count). The zero-order valence-corrected chi connectivity index (χ0v) is 18.2. The van der Waals surface area contributed by atoms with Gasteiger partial charge in [-0.15, -0.1) is 0 Å². The molecule has 168 valence electrons. The number of ether oxygens (including phenoxy) is 1. The number of amides is 2. The van der Waals surface area contributed by atoms with Gasteiger partial charge in [0, 0.05) is 44.5 Å². The highest BCUT2D eigenvalue weighted by Crippen LogP contribution is 2.26. The molecule has 31 heavy (non-hydrogen) atoms. The van der Waals surface area contributed by atoms with Crippen LogP contribution in [0.4, 0.5) is 13.6 Å². The second-order valence-electron chi connectivity index (χ2n) is 8.83. The van der Waals surface area contributed by atoms with Crippen molar-refractivity contribution in [1.82, 2.24) is 20.0 Å². The van der Waals surface area contributed by atoms with Crippen LogP contribution in [0.25, 0.3) is 11.3 Å². The maximum atomic E-state index is 14.2. The largest absolute Gasteiger partial charge is 0.444 e. The normalized spacial score (nSPS) is 16.8. The van der Waals surface area contributed by atoms with E-state index in [0.717, 1.165) is 25.0 Å². The summed E-state index contributed by atoms with van der Waals surface area (Å²) in [6.45, 7) is 6.93. The molecule has 1 unspecified atom stereocenters. The first kappa shape index (κ1) is 22.7. The Morgan fingerprint density at radius 1 is 1.29 bits per heavy atom. The summed E-state index contributed by atoms with van der Waals surface area (Å²) >= 11 is 0. The van der Waals surface area contributed by atoms with Crippen LogP contribution in [0.3, 0.4) is 0 Å². The minimum absolute atomic E-state index is 0.0564. The van der Waals surface area contributed by atoms with E-state index >= 15 is 0 Å². The van der Waals surface area contributed by atoms with Crippen molar-refractivity contribution >= 4 is 12.0 Å². The summed E-state index contributed by atoms with van der Waals surface area (Å²) in [5.74, 6) is -1.81. The zero-order valence-electron chi connectivity index (χ0n) is 18.2. The summed E-state index contributed by atoms with van der Waals surface area (Å²) in [5.41, 5.74) is -0.157. The first-order chi connectivity index (χ1) is 14.5. The third-order valence-corrected chi connectivity index (χ3v) is 4.98. The SMILES string of the molecule is Cn1cc(C(=O)NCC2CCCN(C(=O)OC(C)(C)C)C2)c(-c2ccc(F)cc2F)n1. The highest BCUT2D eigenvalue weighted by Gasteiger charge is 2.28. The van der Waals surface area contributed by atoms with Gasteiger partial charge in [-0.2, -0.15) is 5.10 Å². The van der Waals surface area contributed by atoms with E-state index in [9.17, 15) is 18.4 Å². The summed E-state index contributed by atoms with van der Waals surface area (Å²) in [6, 6.07) is 3.16. The quantitative estimate of drug-likeness (QED) is 0.795. The third kappa shape index (κ3) is 5.80. The van der Waals surface area contributed by atoms with Gasteiger partial charge in [-0.3, -0.25) is 9.48 Å². The number of carbonyl (C=O) groups excluding carboxylic acids is 2. The van der Waals surface area contributed by atoms with E-state index < -0.39 is 23.1 Å². The minimum atomic E-state index is -0.784. The van der Waals surface area contributed by atoms with Crippen molar-refractivity contribution in [2.45, 2.75) is 39.2 Å². The molecule has 1 aliphatic rings. The number of hydrogen-bond donors (Lipinski definition) is 1. The number of likely N-dealkylation sites (tertiary alicyclic amines) is 1. The number of benzene rings is 1. The van der Waals surface area contributed by atoms with Crippen molar-refractivity contribution in [1.29, 1.82) is 0 Å².